The number of ether oxygens (including phenoxy) is 1. The molecule has 0 atom stereocenters. The molecule has 1 aromatic rings. The number of aliphatic hydroxyl groups is 1. The molecule has 1 amide bonds. The summed E-state index contributed by atoms with van der Waals surface area (Å²) in [7, 11) is 0. The molecule has 0 bridgehead atoms. The van der Waals surface area contributed by atoms with E-state index in [9.17, 15) is 4.79 Å². The van der Waals surface area contributed by atoms with E-state index in [4.69, 9.17) is 27.2 Å². The summed E-state index contributed by atoms with van der Waals surface area (Å²) in [5.74, 6) is -0.101. The van der Waals surface area contributed by atoms with E-state index >= 15 is 0 Å². The fraction of sp³-hybridized carbons (Fsp3) is 0.300. The van der Waals surface area contributed by atoms with Gasteiger partial charge in [0, 0.05) is 0 Å². The molecule has 15 heavy (non-hydrogen) atoms. The fourth-order valence-electron chi connectivity index (χ4n) is 1.15. The summed E-state index contributed by atoms with van der Waals surface area (Å²) in [5, 5.41) is 8.91. The number of nitrogens with two attached hydrogens (primary N) is 1. The maximum absolute atomic E-state index is 11.0. The molecule has 82 valence electrons. The van der Waals surface area contributed by atoms with Gasteiger partial charge in [0.05, 0.1) is 17.2 Å². The van der Waals surface area contributed by atoms with Crippen LogP contribution in [-0.2, 0) is 0 Å². The first-order valence-electron chi connectivity index (χ1n) is 4.40. The standard InChI is InChI=1S/C10H12ClNO3/c1-6-4-8(11)7(10(12)14)5-9(6)15-3-2-13/h4-5,13H,2-3H2,1H3,(H2,12,14). The minimum atomic E-state index is -0.603. The number of halogens is 1. The van der Waals surface area contributed by atoms with Crippen LogP contribution in [-0.4, -0.2) is 24.2 Å². The molecule has 0 aliphatic heterocycles. The summed E-state index contributed by atoms with van der Waals surface area (Å²) in [4.78, 5) is 11.0. The van der Waals surface area contributed by atoms with Crippen molar-refractivity contribution in [2.45, 2.75) is 6.92 Å². The average molecular weight is 230 g/mol. The number of carbonyl (C=O) groups excluding carboxylic acids is 1. The van der Waals surface area contributed by atoms with Crippen LogP contribution in [0.2, 0.25) is 5.02 Å². The highest BCUT2D eigenvalue weighted by Crippen LogP contribution is 2.26. The quantitative estimate of drug-likeness (QED) is 0.813. The third-order valence-corrected chi connectivity index (χ3v) is 2.19. The molecule has 0 radical (unpaired) electrons. The number of hydrogen-bond donors (Lipinski definition) is 2. The molecule has 5 heteroatoms. The Morgan fingerprint density at radius 2 is 2.27 bits per heavy atom. The lowest BCUT2D eigenvalue weighted by Crippen LogP contribution is -2.12. The van der Waals surface area contributed by atoms with Crippen molar-refractivity contribution in [3.63, 3.8) is 0 Å². The van der Waals surface area contributed by atoms with E-state index in [0.717, 1.165) is 5.56 Å². The summed E-state index contributed by atoms with van der Waals surface area (Å²) < 4.78 is 5.22. The predicted octanol–water partition coefficient (Wildman–Crippen LogP) is 1.12. The lowest BCUT2D eigenvalue weighted by Gasteiger charge is -2.10. The van der Waals surface area contributed by atoms with Gasteiger partial charge in [0.25, 0.3) is 0 Å². The van der Waals surface area contributed by atoms with E-state index in [1.165, 1.54) is 6.07 Å². The molecule has 3 N–H and O–H groups in total. The molecule has 4 nitrogen and oxygen atoms in total. The van der Waals surface area contributed by atoms with E-state index in [2.05, 4.69) is 0 Å². The summed E-state index contributed by atoms with van der Waals surface area (Å²) in [6.45, 7) is 1.87. The van der Waals surface area contributed by atoms with Crippen LogP contribution in [0.5, 0.6) is 5.75 Å². The predicted molar refractivity (Wildman–Crippen MR) is 57.3 cm³/mol. The minimum Gasteiger partial charge on any atom is -0.491 e. The first kappa shape index (κ1) is 11.8. The van der Waals surface area contributed by atoms with Crippen molar-refractivity contribution in [1.82, 2.24) is 0 Å². The van der Waals surface area contributed by atoms with Gasteiger partial charge in [-0.2, -0.15) is 0 Å². The second kappa shape index (κ2) is 5.00. The smallest absolute Gasteiger partial charge is 0.250 e. The van der Waals surface area contributed by atoms with Gasteiger partial charge in [-0.05, 0) is 24.6 Å². The maximum Gasteiger partial charge on any atom is 0.250 e. The number of aryl methyl sites for hydroxylation is 1. The molecule has 0 aliphatic rings. The van der Waals surface area contributed by atoms with E-state index in [1.807, 2.05) is 0 Å². The SMILES string of the molecule is Cc1cc(Cl)c(C(N)=O)cc1OCCO. The number of aliphatic hydroxyl groups excluding tert-OH is 1. The van der Waals surface area contributed by atoms with Crippen LogP contribution in [0.1, 0.15) is 15.9 Å². The number of hydrogen-bond acceptors (Lipinski definition) is 3. The topological polar surface area (TPSA) is 72.6 Å². The Labute approximate surface area is 92.6 Å². The van der Waals surface area contributed by atoms with Crippen LogP contribution >= 0.6 is 11.6 Å². The first-order chi connectivity index (χ1) is 7.06. The summed E-state index contributed by atoms with van der Waals surface area (Å²) in [5.41, 5.74) is 6.14. The zero-order valence-corrected chi connectivity index (χ0v) is 9.04. The largest absolute Gasteiger partial charge is 0.491 e. The summed E-state index contributed by atoms with van der Waals surface area (Å²) >= 11 is 5.82. The molecule has 1 aromatic carbocycles. The van der Waals surface area contributed by atoms with Gasteiger partial charge < -0.3 is 15.6 Å². The molecule has 0 saturated carbocycles. The number of benzene rings is 1. The van der Waals surface area contributed by atoms with Crippen LogP contribution in [0.15, 0.2) is 12.1 Å². The van der Waals surface area contributed by atoms with Crippen molar-refractivity contribution >= 4 is 17.5 Å². The Morgan fingerprint density at radius 3 is 2.80 bits per heavy atom. The van der Waals surface area contributed by atoms with Gasteiger partial charge in [0.1, 0.15) is 12.4 Å². The number of primary amides is 1. The van der Waals surface area contributed by atoms with Crippen LogP contribution < -0.4 is 10.5 Å². The Kier molecular flexibility index (Phi) is 3.94. The van der Waals surface area contributed by atoms with Gasteiger partial charge in [0.2, 0.25) is 5.91 Å². The van der Waals surface area contributed by atoms with E-state index in [-0.39, 0.29) is 18.8 Å². The second-order valence-electron chi connectivity index (χ2n) is 3.03. The van der Waals surface area contributed by atoms with Crippen molar-refractivity contribution < 1.29 is 14.6 Å². The number of amides is 1. The summed E-state index contributed by atoms with van der Waals surface area (Å²) in [6, 6.07) is 3.09. The summed E-state index contributed by atoms with van der Waals surface area (Å²) in [6.07, 6.45) is 0. The lowest BCUT2D eigenvalue weighted by molar-refractivity contribution is 0.1000. The monoisotopic (exact) mass is 229 g/mol. The van der Waals surface area contributed by atoms with Crippen molar-refractivity contribution in [1.29, 1.82) is 0 Å². The third kappa shape index (κ3) is 2.84. The van der Waals surface area contributed by atoms with Crippen LogP contribution in [0.4, 0.5) is 0 Å². The Bertz CT molecular complexity index is 379. The van der Waals surface area contributed by atoms with Gasteiger partial charge in [-0.15, -0.1) is 0 Å². The van der Waals surface area contributed by atoms with Crippen molar-refractivity contribution in [2.24, 2.45) is 5.73 Å². The van der Waals surface area contributed by atoms with E-state index in [0.29, 0.717) is 10.8 Å². The normalized spacial score (nSPS) is 10.1. The van der Waals surface area contributed by atoms with Gasteiger partial charge in [-0.25, -0.2) is 0 Å². The molecule has 0 saturated heterocycles. The molecule has 0 fully saturated rings. The first-order valence-corrected chi connectivity index (χ1v) is 4.77. The fourth-order valence-corrected chi connectivity index (χ4v) is 1.46. The zero-order valence-electron chi connectivity index (χ0n) is 8.29. The third-order valence-electron chi connectivity index (χ3n) is 1.88. The van der Waals surface area contributed by atoms with Crippen molar-refractivity contribution in [2.75, 3.05) is 13.2 Å². The highest BCUT2D eigenvalue weighted by molar-refractivity contribution is 6.33. The number of rotatable bonds is 4. The van der Waals surface area contributed by atoms with E-state index in [1.54, 1.807) is 13.0 Å². The van der Waals surface area contributed by atoms with Gasteiger partial charge in [-0.3, -0.25) is 4.79 Å². The Hall–Kier alpha value is -1.26. The maximum atomic E-state index is 11.0. The lowest BCUT2D eigenvalue weighted by atomic mass is 10.1. The number of carbonyl (C=O) groups is 1. The molecule has 0 aliphatic carbocycles. The highest BCUT2D eigenvalue weighted by atomic mass is 35.5. The molecule has 0 aromatic heterocycles. The molecular formula is C10H12ClNO3. The van der Waals surface area contributed by atoms with Crippen molar-refractivity contribution in [3.05, 3.63) is 28.3 Å². The van der Waals surface area contributed by atoms with Gasteiger partial charge in [-0.1, -0.05) is 11.6 Å². The molecule has 0 spiro atoms. The van der Waals surface area contributed by atoms with Gasteiger partial charge in [0.15, 0.2) is 0 Å². The zero-order chi connectivity index (χ0) is 11.4. The Morgan fingerprint density at radius 1 is 1.60 bits per heavy atom. The van der Waals surface area contributed by atoms with Crippen LogP contribution in [0, 0.1) is 6.92 Å². The molecular weight excluding hydrogens is 218 g/mol. The second-order valence-corrected chi connectivity index (χ2v) is 3.44. The van der Waals surface area contributed by atoms with Crippen LogP contribution in [0.25, 0.3) is 0 Å². The highest BCUT2D eigenvalue weighted by Gasteiger charge is 2.10. The molecule has 1 rings (SSSR count). The average Bonchev–Trinajstić information content (AvgIpc) is 2.16. The molecule has 0 unspecified atom stereocenters. The van der Waals surface area contributed by atoms with Gasteiger partial charge >= 0.3 is 0 Å². The van der Waals surface area contributed by atoms with E-state index < -0.39 is 5.91 Å². The Balaban J connectivity index is 3.06. The van der Waals surface area contributed by atoms with Crippen LogP contribution in [0.3, 0.4) is 0 Å². The molecule has 0 heterocycles. The minimum absolute atomic E-state index is 0.0893. The van der Waals surface area contributed by atoms with Crippen molar-refractivity contribution in [3.8, 4) is 5.75 Å².